The normalized spacial score (nSPS) is 24.2. The topological polar surface area (TPSA) is 129 Å². The molecular weight excluding hydrogens is 615 g/mol. The van der Waals surface area contributed by atoms with Gasteiger partial charge in [0.25, 0.3) is 0 Å². The van der Waals surface area contributed by atoms with Crippen LogP contribution in [0.15, 0.2) is 23.8 Å². The number of nitrogens with zero attached hydrogens (tertiary/aromatic N) is 1. The molecule has 0 aliphatic heterocycles. The fourth-order valence-electron chi connectivity index (χ4n) is 5.88. The molecule has 0 aromatic heterocycles. The van der Waals surface area contributed by atoms with E-state index in [1.54, 1.807) is 18.2 Å². The largest absolute Gasteiger partial charge is 0.493 e. The summed E-state index contributed by atoms with van der Waals surface area (Å²) in [7, 11) is 1.51. The summed E-state index contributed by atoms with van der Waals surface area (Å²) in [6.45, 7) is -0.238. The monoisotopic (exact) mass is 656 g/mol. The Hall–Kier alpha value is -1.89. The predicted molar refractivity (Wildman–Crippen MR) is 154 cm³/mol. The first-order chi connectivity index (χ1) is 18.9. The van der Waals surface area contributed by atoms with Gasteiger partial charge in [-0.3, -0.25) is 9.59 Å². The second-order valence-corrected chi connectivity index (χ2v) is 12.0. The number of methoxy groups -OCH3 is 1. The van der Waals surface area contributed by atoms with E-state index in [1.807, 2.05) is 4.90 Å². The third-order valence-corrected chi connectivity index (χ3v) is 9.03. The summed E-state index contributed by atoms with van der Waals surface area (Å²) >= 11 is 2.10. The second-order valence-electron chi connectivity index (χ2n) is 10.8. The first-order valence-electron chi connectivity index (χ1n) is 14.1. The molecule has 0 saturated heterocycles. The van der Waals surface area contributed by atoms with Gasteiger partial charge in [0.15, 0.2) is 11.5 Å². The van der Waals surface area contributed by atoms with Crippen LogP contribution in [0.2, 0.25) is 0 Å². The molecule has 0 radical (unpaired) electrons. The van der Waals surface area contributed by atoms with Crippen LogP contribution in [0, 0.1) is 9.49 Å². The van der Waals surface area contributed by atoms with E-state index < -0.39 is 18.2 Å². The highest BCUT2D eigenvalue weighted by Crippen LogP contribution is 2.39. The molecule has 216 valence electrons. The molecule has 3 aliphatic carbocycles. The zero-order valence-corrected chi connectivity index (χ0v) is 24.8. The Morgan fingerprint density at radius 3 is 2.38 bits per heavy atom. The van der Waals surface area contributed by atoms with Crippen LogP contribution >= 0.6 is 22.6 Å². The Morgan fingerprint density at radius 2 is 1.79 bits per heavy atom. The van der Waals surface area contributed by atoms with E-state index in [0.29, 0.717) is 26.2 Å². The van der Waals surface area contributed by atoms with Crippen molar-refractivity contribution in [2.24, 2.45) is 5.92 Å². The summed E-state index contributed by atoms with van der Waals surface area (Å²) < 4.78 is 12.6. The number of nitrogens with one attached hydrogen (secondary N) is 1. The Kier molecular flexibility index (Phi) is 10.9. The van der Waals surface area contributed by atoms with E-state index in [-0.39, 0.29) is 50.0 Å². The average molecular weight is 657 g/mol. The Bertz CT molecular complexity index is 1040. The maximum Gasteiger partial charge on any atom is 0.247 e. The number of aliphatic hydroxyl groups excluding tert-OH is 3. The lowest BCUT2D eigenvalue weighted by Gasteiger charge is -2.46. The van der Waals surface area contributed by atoms with Gasteiger partial charge >= 0.3 is 0 Å². The van der Waals surface area contributed by atoms with Gasteiger partial charge in [-0.15, -0.1) is 0 Å². The number of carbonyl (C=O) groups is 2. The van der Waals surface area contributed by atoms with Crippen LogP contribution in [0.4, 0.5) is 0 Å². The molecule has 9 nitrogen and oxygen atoms in total. The molecular formula is C29H41IN2O7. The minimum atomic E-state index is -1.07. The maximum atomic E-state index is 13.9. The van der Waals surface area contributed by atoms with Crippen LogP contribution in [0.25, 0.3) is 0 Å². The highest BCUT2D eigenvalue weighted by atomic mass is 127. The Labute approximate surface area is 244 Å². The van der Waals surface area contributed by atoms with Crippen LogP contribution in [-0.4, -0.2) is 76.6 Å². The van der Waals surface area contributed by atoms with Crippen molar-refractivity contribution in [3.8, 4) is 11.5 Å². The fraction of sp³-hybridized carbons (Fsp3) is 0.655. The molecule has 0 bridgehead atoms. The van der Waals surface area contributed by atoms with Crippen molar-refractivity contribution < 1.29 is 34.4 Å². The number of hydrogen-bond acceptors (Lipinski definition) is 7. The number of rotatable bonds is 10. The molecule has 39 heavy (non-hydrogen) atoms. The van der Waals surface area contributed by atoms with E-state index in [2.05, 4.69) is 27.9 Å². The molecule has 1 aromatic rings. The number of ether oxygens (including phenoxy) is 2. The van der Waals surface area contributed by atoms with Crippen LogP contribution in [-0.2, 0) is 16.2 Å². The van der Waals surface area contributed by atoms with Gasteiger partial charge in [-0.1, -0.05) is 32.1 Å². The maximum absolute atomic E-state index is 13.9. The molecule has 4 rings (SSSR count). The highest BCUT2D eigenvalue weighted by molar-refractivity contribution is 14.1. The lowest BCUT2D eigenvalue weighted by atomic mass is 9.81. The van der Waals surface area contributed by atoms with Crippen LogP contribution < -0.4 is 14.8 Å². The van der Waals surface area contributed by atoms with Crippen LogP contribution in [0.1, 0.15) is 69.8 Å². The number of hydrogen-bond donors (Lipinski definition) is 4. The van der Waals surface area contributed by atoms with Crippen molar-refractivity contribution in [1.29, 1.82) is 0 Å². The van der Waals surface area contributed by atoms with Crippen molar-refractivity contribution in [3.63, 3.8) is 0 Å². The minimum absolute atomic E-state index is 0.0132. The average Bonchev–Trinajstić information content (AvgIpc) is 3.18. The predicted octanol–water partition coefficient (Wildman–Crippen LogP) is 3.06. The molecule has 1 aromatic carbocycles. The number of amides is 2. The zero-order chi connectivity index (χ0) is 27.9. The summed E-state index contributed by atoms with van der Waals surface area (Å²) in [6, 6.07) is 2.85. The lowest BCUT2D eigenvalue weighted by molar-refractivity contribution is -0.149. The minimum Gasteiger partial charge on any atom is -0.493 e. The first-order valence-corrected chi connectivity index (χ1v) is 15.2. The van der Waals surface area contributed by atoms with Crippen molar-refractivity contribution in [3.05, 3.63) is 32.9 Å². The summed E-state index contributed by atoms with van der Waals surface area (Å²) in [6.07, 6.45) is 8.73. The Balaban J connectivity index is 1.71. The fourth-order valence-corrected chi connectivity index (χ4v) is 6.67. The molecule has 0 unspecified atom stereocenters. The van der Waals surface area contributed by atoms with Gasteiger partial charge in [0.05, 0.1) is 29.9 Å². The molecule has 2 fully saturated rings. The van der Waals surface area contributed by atoms with Crippen molar-refractivity contribution in [2.45, 2.75) is 95.1 Å². The third-order valence-electron chi connectivity index (χ3n) is 8.22. The number of halogens is 1. The molecule has 3 aliphatic rings. The van der Waals surface area contributed by atoms with Crippen LogP contribution in [0.3, 0.4) is 0 Å². The van der Waals surface area contributed by atoms with Gasteiger partial charge in [-0.05, 0) is 72.0 Å². The highest BCUT2D eigenvalue weighted by Gasteiger charge is 2.45. The summed E-state index contributed by atoms with van der Waals surface area (Å²) in [4.78, 5) is 28.9. The van der Waals surface area contributed by atoms with Gasteiger partial charge in [0.2, 0.25) is 11.8 Å². The molecule has 10 heteroatoms. The number of aliphatic hydroxyl groups is 3. The second kappa shape index (κ2) is 14.1. The third kappa shape index (κ3) is 7.07. The van der Waals surface area contributed by atoms with Crippen molar-refractivity contribution >= 4 is 34.4 Å². The van der Waals surface area contributed by atoms with Gasteiger partial charge in [-0.2, -0.15) is 0 Å². The number of carbonyl (C=O) groups excluding carboxylic acids is 2. The van der Waals surface area contributed by atoms with E-state index in [0.717, 1.165) is 57.8 Å². The SMILES string of the molecule is COc1cc(CO)cc(I)c1O[C@H]1C=C(C(=O)NCCO)C[C@@H](N(C(=O)C2CCC2)C2CCCCCC2)[C@@H]1O. The number of benzene rings is 1. The zero-order valence-electron chi connectivity index (χ0n) is 22.6. The van der Waals surface area contributed by atoms with Crippen molar-refractivity contribution in [1.82, 2.24) is 10.2 Å². The van der Waals surface area contributed by atoms with E-state index in [1.165, 1.54) is 7.11 Å². The van der Waals surface area contributed by atoms with Gasteiger partial charge in [0, 0.05) is 30.5 Å². The van der Waals surface area contributed by atoms with Crippen LogP contribution in [0.5, 0.6) is 11.5 Å². The quantitative estimate of drug-likeness (QED) is 0.225. The van der Waals surface area contributed by atoms with Gasteiger partial charge < -0.3 is 35.0 Å². The first kappa shape index (κ1) is 30.1. The summed E-state index contributed by atoms with van der Waals surface area (Å²) in [5.41, 5.74) is 1.08. The Morgan fingerprint density at radius 1 is 1.08 bits per heavy atom. The smallest absolute Gasteiger partial charge is 0.247 e. The molecule has 2 saturated carbocycles. The van der Waals surface area contributed by atoms with E-state index in [9.17, 15) is 24.9 Å². The van der Waals surface area contributed by atoms with E-state index >= 15 is 0 Å². The summed E-state index contributed by atoms with van der Waals surface area (Å²) in [5.74, 6) is 0.504. The molecule has 2 amide bonds. The molecule has 0 heterocycles. The molecule has 0 spiro atoms. The molecule has 3 atom stereocenters. The van der Waals surface area contributed by atoms with E-state index in [4.69, 9.17) is 9.47 Å². The van der Waals surface area contributed by atoms with Crippen molar-refractivity contribution in [2.75, 3.05) is 20.3 Å². The molecule has 4 N–H and O–H groups in total. The van der Waals surface area contributed by atoms with Gasteiger partial charge in [0.1, 0.15) is 12.2 Å². The lowest BCUT2D eigenvalue weighted by Crippen LogP contribution is -2.59. The van der Waals surface area contributed by atoms with Gasteiger partial charge in [-0.25, -0.2) is 0 Å². The summed E-state index contributed by atoms with van der Waals surface area (Å²) in [5, 5.41) is 33.4. The standard InChI is InChI=1S/C29H41IN2O7/c1-38-25-14-18(17-34)13-22(30)27(25)39-24-16-20(28(36)31-11-12-33)15-23(26(24)35)32(29(37)19-7-6-8-19)21-9-4-2-3-5-10-21/h13-14,16,19,21,23-24,26,33-35H,2-12,15,17H2,1H3,(H,31,36)/t23-,24+,26+/m1/s1.